The van der Waals surface area contributed by atoms with Crippen molar-refractivity contribution < 1.29 is 34.0 Å². The number of ether oxygens (including phenoxy) is 3. The van der Waals surface area contributed by atoms with Crippen LogP contribution >= 0.6 is 0 Å². The first kappa shape index (κ1) is 25.4. The second-order valence-electron chi connectivity index (χ2n) is 8.66. The van der Waals surface area contributed by atoms with E-state index in [1.165, 1.54) is 18.1 Å². The minimum atomic E-state index is -0.843. The maximum atomic E-state index is 13.3. The van der Waals surface area contributed by atoms with Crippen molar-refractivity contribution in [3.63, 3.8) is 0 Å². The van der Waals surface area contributed by atoms with Crippen molar-refractivity contribution in [2.75, 3.05) is 46.5 Å². The summed E-state index contributed by atoms with van der Waals surface area (Å²) in [5.41, 5.74) is 0.870. The van der Waals surface area contributed by atoms with Crippen LogP contribution in [-0.2, 0) is 9.59 Å². The third kappa shape index (κ3) is 4.83. The van der Waals surface area contributed by atoms with Crippen LogP contribution < -0.4 is 14.2 Å². The minimum absolute atomic E-state index is 0.0211. The molecule has 0 saturated carbocycles. The van der Waals surface area contributed by atoms with Crippen LogP contribution in [0, 0.1) is 0 Å². The molecule has 9 heteroatoms. The lowest BCUT2D eigenvalue weighted by molar-refractivity contribution is -0.140. The van der Waals surface area contributed by atoms with E-state index in [4.69, 9.17) is 14.2 Å². The number of benzene rings is 2. The number of aromatic hydroxyl groups is 1. The highest BCUT2D eigenvalue weighted by molar-refractivity contribution is 6.46. The molecule has 2 heterocycles. The Morgan fingerprint density at radius 3 is 2.50 bits per heavy atom. The number of fused-ring (bicyclic) bond motifs is 1. The average Bonchev–Trinajstić information content (AvgIpc) is 3.15. The Balaban J connectivity index is 1.77. The number of hydrogen-bond donors (Lipinski definition) is 2. The zero-order valence-electron chi connectivity index (χ0n) is 20.8. The third-order valence-corrected chi connectivity index (χ3v) is 6.64. The maximum Gasteiger partial charge on any atom is 0.295 e. The van der Waals surface area contributed by atoms with Gasteiger partial charge in [-0.25, -0.2) is 0 Å². The van der Waals surface area contributed by atoms with E-state index in [0.717, 1.165) is 19.6 Å². The fourth-order valence-corrected chi connectivity index (χ4v) is 4.67. The number of carbonyl (C=O) groups excluding carboxylic acids is 2. The Labute approximate surface area is 210 Å². The molecule has 192 valence electrons. The largest absolute Gasteiger partial charge is 0.507 e. The molecule has 4 rings (SSSR count). The minimum Gasteiger partial charge on any atom is -0.507 e. The number of ketones is 1. The molecule has 2 aromatic rings. The summed E-state index contributed by atoms with van der Waals surface area (Å²) < 4.78 is 16.4. The number of aliphatic hydroxyl groups is 1. The summed E-state index contributed by atoms with van der Waals surface area (Å²) in [4.78, 5) is 30.2. The van der Waals surface area contributed by atoms with Crippen LogP contribution in [0.5, 0.6) is 23.0 Å². The van der Waals surface area contributed by atoms with E-state index in [0.29, 0.717) is 48.8 Å². The van der Waals surface area contributed by atoms with Crippen LogP contribution in [0.25, 0.3) is 5.76 Å². The first-order valence-corrected chi connectivity index (χ1v) is 12.2. The highest BCUT2D eigenvalue weighted by Gasteiger charge is 2.46. The fourth-order valence-electron chi connectivity index (χ4n) is 4.67. The van der Waals surface area contributed by atoms with Gasteiger partial charge in [0.2, 0.25) is 0 Å². The Bertz CT molecular complexity index is 1170. The molecule has 2 aromatic carbocycles. The zero-order valence-corrected chi connectivity index (χ0v) is 20.8. The van der Waals surface area contributed by atoms with Gasteiger partial charge in [0.1, 0.15) is 19.0 Å². The van der Waals surface area contributed by atoms with Gasteiger partial charge in [0.05, 0.1) is 18.7 Å². The molecule has 2 N–H and O–H groups in total. The van der Waals surface area contributed by atoms with E-state index in [2.05, 4.69) is 18.7 Å². The molecule has 0 aliphatic carbocycles. The molecule has 0 bridgehead atoms. The smallest absolute Gasteiger partial charge is 0.295 e. The maximum absolute atomic E-state index is 13.3. The van der Waals surface area contributed by atoms with E-state index in [9.17, 15) is 19.8 Å². The summed E-state index contributed by atoms with van der Waals surface area (Å²) >= 11 is 0. The first-order valence-electron chi connectivity index (χ1n) is 12.2. The molecule has 36 heavy (non-hydrogen) atoms. The molecule has 1 amide bonds. The van der Waals surface area contributed by atoms with Crippen molar-refractivity contribution >= 4 is 17.4 Å². The molecule has 1 fully saturated rings. The Morgan fingerprint density at radius 1 is 1.08 bits per heavy atom. The van der Waals surface area contributed by atoms with Gasteiger partial charge >= 0.3 is 0 Å². The molecule has 2 aliphatic rings. The van der Waals surface area contributed by atoms with Crippen molar-refractivity contribution in [2.24, 2.45) is 0 Å². The van der Waals surface area contributed by atoms with Gasteiger partial charge in [-0.05, 0) is 62.0 Å². The summed E-state index contributed by atoms with van der Waals surface area (Å²) in [5, 5.41) is 21.4. The first-order chi connectivity index (χ1) is 17.4. The summed E-state index contributed by atoms with van der Waals surface area (Å²) in [6.07, 6.45) is 0.657. The van der Waals surface area contributed by atoms with Gasteiger partial charge in [0.15, 0.2) is 23.0 Å². The van der Waals surface area contributed by atoms with Gasteiger partial charge in [-0.15, -0.1) is 0 Å². The number of aliphatic hydroxyl groups excluding tert-OH is 1. The summed E-state index contributed by atoms with van der Waals surface area (Å²) in [6.45, 7) is 7.82. The predicted octanol–water partition coefficient (Wildman–Crippen LogP) is 3.33. The number of likely N-dealkylation sites (tertiary alicyclic amines) is 1. The van der Waals surface area contributed by atoms with Crippen molar-refractivity contribution in [2.45, 2.75) is 26.3 Å². The molecule has 0 spiro atoms. The van der Waals surface area contributed by atoms with Crippen LogP contribution in [0.1, 0.15) is 37.4 Å². The number of rotatable bonds is 9. The molecular weight excluding hydrogens is 464 g/mol. The second kappa shape index (κ2) is 10.9. The highest BCUT2D eigenvalue weighted by atomic mass is 16.6. The lowest BCUT2D eigenvalue weighted by Gasteiger charge is -2.27. The van der Waals surface area contributed by atoms with Crippen molar-refractivity contribution in [1.82, 2.24) is 9.80 Å². The molecule has 9 nitrogen and oxygen atoms in total. The SMILES string of the molecule is CCN(CC)CCCN1C(=O)C(=O)/C(=C(\O)c2ccc3c(c2)OCCO3)C1c1ccc(O)c(OC)c1. The van der Waals surface area contributed by atoms with Crippen LogP contribution in [0.4, 0.5) is 0 Å². The number of carbonyl (C=O) groups is 2. The standard InChI is InChI=1S/C27H32N2O7/c1-4-28(5-2)11-6-12-29-24(17-7-9-19(30)21(15-17)34-3)23(26(32)27(29)33)25(31)18-8-10-20-22(16-18)36-14-13-35-20/h7-10,15-16,24,30-31H,4-6,11-14H2,1-3H3/b25-23-. The highest BCUT2D eigenvalue weighted by Crippen LogP contribution is 2.43. The quantitative estimate of drug-likeness (QED) is 0.309. The van der Waals surface area contributed by atoms with Gasteiger partial charge in [0.25, 0.3) is 11.7 Å². The summed E-state index contributed by atoms with van der Waals surface area (Å²) in [5.74, 6) is -0.579. The molecule has 0 radical (unpaired) electrons. The van der Waals surface area contributed by atoms with E-state index in [1.54, 1.807) is 30.3 Å². The summed E-state index contributed by atoms with van der Waals surface area (Å²) in [7, 11) is 1.43. The lowest BCUT2D eigenvalue weighted by Crippen LogP contribution is -2.33. The van der Waals surface area contributed by atoms with Gasteiger partial charge in [-0.2, -0.15) is 0 Å². The monoisotopic (exact) mass is 496 g/mol. The van der Waals surface area contributed by atoms with Crippen LogP contribution in [0.2, 0.25) is 0 Å². The fraction of sp³-hybridized carbons (Fsp3) is 0.407. The predicted molar refractivity (Wildman–Crippen MR) is 134 cm³/mol. The third-order valence-electron chi connectivity index (χ3n) is 6.64. The van der Waals surface area contributed by atoms with Crippen molar-refractivity contribution in [3.05, 3.63) is 53.1 Å². The molecule has 1 saturated heterocycles. The van der Waals surface area contributed by atoms with E-state index < -0.39 is 17.7 Å². The molecule has 1 unspecified atom stereocenters. The van der Waals surface area contributed by atoms with E-state index in [-0.39, 0.29) is 22.8 Å². The van der Waals surface area contributed by atoms with Crippen LogP contribution in [0.15, 0.2) is 42.0 Å². The van der Waals surface area contributed by atoms with E-state index >= 15 is 0 Å². The topological polar surface area (TPSA) is 109 Å². The van der Waals surface area contributed by atoms with Crippen LogP contribution in [-0.4, -0.2) is 78.2 Å². The van der Waals surface area contributed by atoms with E-state index in [1.807, 2.05) is 0 Å². The Morgan fingerprint density at radius 2 is 1.81 bits per heavy atom. The van der Waals surface area contributed by atoms with Crippen molar-refractivity contribution in [3.8, 4) is 23.0 Å². The molecule has 1 atom stereocenters. The van der Waals surface area contributed by atoms with Gasteiger partial charge < -0.3 is 34.2 Å². The van der Waals surface area contributed by atoms with Gasteiger partial charge in [-0.3, -0.25) is 9.59 Å². The number of phenolic OH excluding ortho intramolecular Hbond substituents is 1. The number of nitrogens with zero attached hydrogens (tertiary/aromatic N) is 2. The molecule has 2 aliphatic heterocycles. The number of amides is 1. The van der Waals surface area contributed by atoms with Crippen LogP contribution in [0.3, 0.4) is 0 Å². The normalized spacial score (nSPS) is 18.7. The number of methoxy groups -OCH3 is 1. The number of hydrogen-bond acceptors (Lipinski definition) is 8. The average molecular weight is 497 g/mol. The summed E-state index contributed by atoms with van der Waals surface area (Å²) in [6, 6.07) is 8.72. The molecular formula is C27H32N2O7. The van der Waals surface area contributed by atoms with Gasteiger partial charge in [-0.1, -0.05) is 19.9 Å². The zero-order chi connectivity index (χ0) is 25.8. The Hall–Kier alpha value is -3.72. The van der Waals surface area contributed by atoms with Crippen molar-refractivity contribution in [1.29, 1.82) is 0 Å². The van der Waals surface area contributed by atoms with Gasteiger partial charge in [0, 0.05) is 12.1 Å². The number of Topliss-reactive ketones (excluding diaryl/α,β-unsaturated/α-hetero) is 1. The number of phenols is 1. The Kier molecular flexibility index (Phi) is 7.69. The lowest BCUT2D eigenvalue weighted by atomic mass is 9.94. The second-order valence-corrected chi connectivity index (χ2v) is 8.66. The molecule has 0 aromatic heterocycles.